The van der Waals surface area contributed by atoms with Crippen LogP contribution < -0.4 is 16.0 Å². The first-order valence-electron chi connectivity index (χ1n) is 16.7. The quantitative estimate of drug-likeness (QED) is 0.0731. The predicted octanol–water partition coefficient (Wildman–Crippen LogP) is 3.48. The first-order chi connectivity index (χ1) is 20.8. The zero-order valence-electron chi connectivity index (χ0n) is 26.4. The van der Waals surface area contributed by atoms with Gasteiger partial charge < -0.3 is 40.7 Å². The number of cyclic esters (lactones) is 1. The largest absolute Gasteiger partial charge is 0.447 e. The summed E-state index contributed by atoms with van der Waals surface area (Å²) in [5.74, 6) is -0.314. The molecular formula is C31H58N4O7S. The number of thiocarbonyl (C=S) groups is 1. The van der Waals surface area contributed by atoms with E-state index in [1.54, 1.807) is 0 Å². The standard InChI is InChI=1S/C31H58N4O7S/c1-3-5-7-9-11-12-13-14-16-17-19-32-28(39)23(34-30(43)33-20-18-15-10-8-6-4-2)21-41-29-27(38)26(37)25(36)24-22-42-31(40)35(24)29/h23-27,29,36-38H,3-22H2,1-2H3,(H,32,39)(H2,33,34,43)/t23-,24?,25+,26?,27?,29+/m0/s1. The summed E-state index contributed by atoms with van der Waals surface area (Å²) >= 11 is 5.45. The highest BCUT2D eigenvalue weighted by Crippen LogP contribution is 2.30. The number of amides is 2. The van der Waals surface area contributed by atoms with Crippen LogP contribution in [0.25, 0.3) is 0 Å². The van der Waals surface area contributed by atoms with E-state index >= 15 is 0 Å². The molecule has 250 valence electrons. The molecule has 43 heavy (non-hydrogen) atoms. The number of piperidine rings is 1. The van der Waals surface area contributed by atoms with Gasteiger partial charge in [0.2, 0.25) is 5.91 Å². The molecule has 2 heterocycles. The number of fused-ring (bicyclic) bond motifs is 1. The van der Waals surface area contributed by atoms with E-state index in [4.69, 9.17) is 21.7 Å². The highest BCUT2D eigenvalue weighted by molar-refractivity contribution is 7.80. The van der Waals surface area contributed by atoms with Gasteiger partial charge >= 0.3 is 6.09 Å². The lowest BCUT2D eigenvalue weighted by molar-refractivity contribution is -0.212. The van der Waals surface area contributed by atoms with Crippen molar-refractivity contribution in [2.75, 3.05) is 26.3 Å². The monoisotopic (exact) mass is 630 g/mol. The van der Waals surface area contributed by atoms with E-state index in [-0.39, 0.29) is 19.1 Å². The fraction of sp³-hybridized carbons (Fsp3) is 0.903. The van der Waals surface area contributed by atoms with Crippen LogP contribution in [0.5, 0.6) is 0 Å². The number of carbonyl (C=O) groups excluding carboxylic acids is 2. The summed E-state index contributed by atoms with van der Waals surface area (Å²) in [7, 11) is 0. The third kappa shape index (κ3) is 13.4. The van der Waals surface area contributed by atoms with Crippen LogP contribution in [0.1, 0.15) is 117 Å². The summed E-state index contributed by atoms with van der Waals surface area (Å²) in [6, 6.07) is -1.76. The predicted molar refractivity (Wildman–Crippen MR) is 170 cm³/mol. The number of unbranched alkanes of at least 4 members (excludes halogenated alkanes) is 14. The number of hydrogen-bond acceptors (Lipinski definition) is 8. The third-order valence-corrected chi connectivity index (χ3v) is 8.57. The van der Waals surface area contributed by atoms with Crippen LogP contribution in [-0.2, 0) is 14.3 Å². The maximum absolute atomic E-state index is 13.2. The molecule has 0 aromatic heterocycles. The molecule has 6 atom stereocenters. The van der Waals surface area contributed by atoms with Crippen molar-refractivity contribution in [1.29, 1.82) is 0 Å². The van der Waals surface area contributed by atoms with Crippen LogP contribution in [0.15, 0.2) is 0 Å². The SMILES string of the molecule is CCCCCCCCCCCCNC(=O)[C@H](CO[C@@H]1C(O)C(O)[C@H](O)C2COC(=O)N21)NC(=S)NCCCCCCCC. The van der Waals surface area contributed by atoms with Crippen LogP contribution in [0.4, 0.5) is 4.79 Å². The Bertz CT molecular complexity index is 808. The van der Waals surface area contributed by atoms with Crippen molar-refractivity contribution < 1.29 is 34.4 Å². The molecule has 0 bridgehead atoms. The minimum absolute atomic E-state index is 0.128. The van der Waals surface area contributed by atoms with Crippen LogP contribution in [0, 0.1) is 0 Å². The summed E-state index contributed by atoms with van der Waals surface area (Å²) in [6.45, 7) is 5.25. The molecule has 2 amide bonds. The number of nitrogens with zero attached hydrogens (tertiary/aromatic N) is 1. The zero-order chi connectivity index (χ0) is 31.5. The molecule has 0 aliphatic carbocycles. The van der Waals surface area contributed by atoms with Crippen LogP contribution in [0.2, 0.25) is 0 Å². The molecule has 0 radical (unpaired) electrons. The lowest BCUT2D eigenvalue weighted by Gasteiger charge is -2.43. The number of rotatable bonds is 23. The van der Waals surface area contributed by atoms with Crippen LogP contribution >= 0.6 is 12.2 Å². The molecular weight excluding hydrogens is 572 g/mol. The minimum Gasteiger partial charge on any atom is -0.447 e. The van der Waals surface area contributed by atoms with Gasteiger partial charge in [-0.2, -0.15) is 0 Å². The van der Waals surface area contributed by atoms with Gasteiger partial charge in [-0.1, -0.05) is 104 Å². The van der Waals surface area contributed by atoms with Crippen molar-refractivity contribution in [3.05, 3.63) is 0 Å². The average Bonchev–Trinajstić information content (AvgIpc) is 3.38. The number of nitrogens with one attached hydrogen (secondary N) is 3. The van der Waals surface area contributed by atoms with Crippen molar-refractivity contribution in [3.8, 4) is 0 Å². The summed E-state index contributed by atoms with van der Waals surface area (Å²) in [4.78, 5) is 26.6. The van der Waals surface area contributed by atoms with E-state index in [1.165, 1.54) is 70.6 Å². The van der Waals surface area contributed by atoms with Crippen molar-refractivity contribution in [3.63, 3.8) is 0 Å². The topological polar surface area (TPSA) is 153 Å². The van der Waals surface area contributed by atoms with Gasteiger partial charge in [0, 0.05) is 13.1 Å². The molecule has 2 saturated heterocycles. The Hall–Kier alpha value is -1.73. The maximum atomic E-state index is 13.2. The van der Waals surface area contributed by atoms with Crippen molar-refractivity contribution in [2.45, 2.75) is 153 Å². The zero-order valence-corrected chi connectivity index (χ0v) is 27.3. The third-order valence-electron chi connectivity index (χ3n) is 8.31. The molecule has 2 rings (SSSR count). The van der Waals surface area contributed by atoms with Crippen molar-refractivity contribution in [1.82, 2.24) is 20.9 Å². The second-order valence-corrected chi connectivity index (χ2v) is 12.3. The second kappa shape index (κ2) is 21.9. The molecule has 3 unspecified atom stereocenters. The van der Waals surface area contributed by atoms with Gasteiger partial charge in [-0.25, -0.2) is 4.79 Å². The fourth-order valence-electron chi connectivity index (χ4n) is 5.59. The van der Waals surface area contributed by atoms with E-state index in [9.17, 15) is 24.9 Å². The second-order valence-electron chi connectivity index (χ2n) is 11.9. The Labute approximate surface area is 263 Å². The summed E-state index contributed by atoms with van der Waals surface area (Å²) < 4.78 is 10.9. The molecule has 0 spiro atoms. The number of carbonyl (C=O) groups is 2. The number of aliphatic hydroxyl groups excluding tert-OH is 3. The van der Waals surface area contributed by atoms with Gasteiger partial charge in [0.05, 0.1) is 6.61 Å². The van der Waals surface area contributed by atoms with Crippen LogP contribution in [-0.4, -0.2) is 100 Å². The highest BCUT2D eigenvalue weighted by Gasteiger charge is 2.54. The van der Waals surface area contributed by atoms with Crippen molar-refractivity contribution >= 4 is 29.3 Å². The first-order valence-corrected chi connectivity index (χ1v) is 17.2. The summed E-state index contributed by atoms with van der Waals surface area (Å²) in [5, 5.41) is 40.7. The molecule has 2 aliphatic rings. The molecule has 2 aliphatic heterocycles. The molecule has 2 fully saturated rings. The minimum atomic E-state index is -1.58. The van der Waals surface area contributed by atoms with Gasteiger partial charge in [-0.3, -0.25) is 9.69 Å². The van der Waals surface area contributed by atoms with E-state index in [1.807, 2.05) is 0 Å². The van der Waals surface area contributed by atoms with Gasteiger partial charge in [0.25, 0.3) is 0 Å². The van der Waals surface area contributed by atoms with Gasteiger partial charge in [-0.05, 0) is 25.1 Å². The molecule has 0 aromatic carbocycles. The molecule has 6 N–H and O–H groups in total. The molecule has 0 aromatic rings. The van der Waals surface area contributed by atoms with E-state index in [2.05, 4.69) is 29.8 Å². The number of aliphatic hydroxyl groups is 3. The lowest BCUT2D eigenvalue weighted by atomic mass is 9.94. The summed E-state index contributed by atoms with van der Waals surface area (Å²) in [6.07, 6.45) is 12.4. The molecule has 12 heteroatoms. The average molecular weight is 631 g/mol. The van der Waals surface area contributed by atoms with Gasteiger partial charge in [0.1, 0.15) is 37.0 Å². The maximum Gasteiger partial charge on any atom is 0.412 e. The first kappa shape index (κ1) is 37.5. The Morgan fingerprint density at radius 2 is 1.35 bits per heavy atom. The van der Waals surface area contributed by atoms with E-state index in [0.29, 0.717) is 18.2 Å². The smallest absolute Gasteiger partial charge is 0.412 e. The Morgan fingerprint density at radius 1 is 0.837 bits per heavy atom. The number of ether oxygens (including phenoxy) is 2. The van der Waals surface area contributed by atoms with E-state index < -0.39 is 42.7 Å². The highest BCUT2D eigenvalue weighted by atomic mass is 32.1. The van der Waals surface area contributed by atoms with Gasteiger partial charge in [0.15, 0.2) is 11.3 Å². The molecule has 0 saturated carbocycles. The Kier molecular flexibility index (Phi) is 19.1. The van der Waals surface area contributed by atoms with E-state index in [0.717, 1.165) is 37.0 Å². The lowest BCUT2D eigenvalue weighted by Crippen LogP contribution is -2.67. The Balaban J connectivity index is 1.84. The van der Waals surface area contributed by atoms with Crippen molar-refractivity contribution in [2.24, 2.45) is 0 Å². The molecule has 11 nitrogen and oxygen atoms in total. The number of hydrogen-bond donors (Lipinski definition) is 6. The van der Waals surface area contributed by atoms with Gasteiger partial charge in [-0.15, -0.1) is 0 Å². The fourth-order valence-corrected chi connectivity index (χ4v) is 5.83. The Morgan fingerprint density at radius 3 is 1.91 bits per heavy atom. The summed E-state index contributed by atoms with van der Waals surface area (Å²) in [5.41, 5.74) is 0. The van der Waals surface area contributed by atoms with Crippen LogP contribution in [0.3, 0.4) is 0 Å². The normalized spacial score (nSPS) is 23.9.